The van der Waals surface area contributed by atoms with Gasteiger partial charge in [-0.2, -0.15) is 5.10 Å². The van der Waals surface area contributed by atoms with E-state index >= 15 is 0 Å². The van der Waals surface area contributed by atoms with E-state index in [0.717, 1.165) is 0 Å². The van der Waals surface area contributed by atoms with E-state index in [9.17, 15) is 4.79 Å². The minimum absolute atomic E-state index is 0.0690. The fourth-order valence-electron chi connectivity index (χ4n) is 2.52. The molecule has 1 amide bonds. The van der Waals surface area contributed by atoms with Crippen LogP contribution in [0.3, 0.4) is 0 Å². The van der Waals surface area contributed by atoms with Gasteiger partial charge in [0.25, 0.3) is 5.91 Å². The first-order valence-electron chi connectivity index (χ1n) is 6.20. The van der Waals surface area contributed by atoms with Crippen molar-refractivity contribution in [1.82, 2.24) is 15.1 Å². The Morgan fingerprint density at radius 2 is 2.35 bits per heavy atom. The molecule has 1 aromatic heterocycles. The van der Waals surface area contributed by atoms with Crippen molar-refractivity contribution in [3.8, 4) is 0 Å². The molecule has 1 aromatic rings. The lowest BCUT2D eigenvalue weighted by atomic mass is 9.98. The van der Waals surface area contributed by atoms with Gasteiger partial charge in [0, 0.05) is 25.8 Å². The number of rotatable bonds is 4. The monoisotopic (exact) mass is 236 g/mol. The van der Waals surface area contributed by atoms with Gasteiger partial charge in [0.1, 0.15) is 0 Å². The Hall–Kier alpha value is -1.36. The molecule has 0 saturated heterocycles. The third kappa shape index (κ3) is 2.85. The van der Waals surface area contributed by atoms with Crippen molar-refractivity contribution >= 4 is 5.91 Å². The van der Waals surface area contributed by atoms with Crippen LogP contribution < -0.4 is 11.1 Å². The van der Waals surface area contributed by atoms with Crippen LogP contribution in [0.5, 0.6) is 0 Å². The Morgan fingerprint density at radius 1 is 1.65 bits per heavy atom. The van der Waals surface area contributed by atoms with Crippen molar-refractivity contribution < 1.29 is 4.79 Å². The lowest BCUT2D eigenvalue weighted by molar-refractivity contribution is 0.0924. The smallest absolute Gasteiger partial charge is 0.254 e. The number of nitrogens with two attached hydrogens (primary N) is 1. The molecule has 1 saturated carbocycles. The first kappa shape index (κ1) is 12.1. The molecule has 94 valence electrons. The third-order valence-electron chi connectivity index (χ3n) is 3.51. The van der Waals surface area contributed by atoms with Gasteiger partial charge in [-0.15, -0.1) is 0 Å². The van der Waals surface area contributed by atoms with Crippen molar-refractivity contribution in [2.45, 2.75) is 31.7 Å². The van der Waals surface area contributed by atoms with Crippen LogP contribution in [0.15, 0.2) is 12.4 Å². The van der Waals surface area contributed by atoms with E-state index < -0.39 is 0 Å². The second-order valence-electron chi connectivity index (χ2n) is 4.76. The van der Waals surface area contributed by atoms with Crippen LogP contribution in [-0.2, 0) is 7.05 Å². The molecule has 1 aliphatic carbocycles. The van der Waals surface area contributed by atoms with Crippen molar-refractivity contribution in [2.75, 3.05) is 6.54 Å². The fraction of sp³-hybridized carbons (Fsp3) is 0.667. The highest BCUT2D eigenvalue weighted by Gasteiger charge is 2.25. The van der Waals surface area contributed by atoms with Gasteiger partial charge in [0.05, 0.1) is 11.8 Å². The van der Waals surface area contributed by atoms with Crippen molar-refractivity contribution in [1.29, 1.82) is 0 Å². The summed E-state index contributed by atoms with van der Waals surface area (Å²) in [7, 11) is 1.80. The first-order valence-corrected chi connectivity index (χ1v) is 6.20. The van der Waals surface area contributed by atoms with Crippen molar-refractivity contribution in [2.24, 2.45) is 18.7 Å². The quantitative estimate of drug-likeness (QED) is 0.807. The Balaban J connectivity index is 1.96. The molecular weight excluding hydrogens is 216 g/mol. The number of carbonyl (C=O) groups is 1. The summed E-state index contributed by atoms with van der Waals surface area (Å²) >= 11 is 0. The molecule has 1 aliphatic rings. The number of nitrogens with one attached hydrogen (secondary N) is 1. The summed E-state index contributed by atoms with van der Waals surface area (Å²) in [5.41, 5.74) is 6.35. The Bertz CT molecular complexity index is 382. The molecule has 2 rings (SSSR count). The largest absolute Gasteiger partial charge is 0.348 e. The first-order chi connectivity index (χ1) is 8.20. The average molecular weight is 236 g/mol. The molecule has 0 aromatic carbocycles. The molecule has 0 radical (unpaired) electrons. The van der Waals surface area contributed by atoms with Gasteiger partial charge in [-0.1, -0.05) is 12.8 Å². The highest BCUT2D eigenvalue weighted by molar-refractivity contribution is 5.93. The molecule has 0 spiro atoms. The van der Waals surface area contributed by atoms with Gasteiger partial charge >= 0.3 is 0 Å². The Labute approximate surface area is 101 Å². The van der Waals surface area contributed by atoms with E-state index in [4.69, 9.17) is 5.73 Å². The molecule has 0 aliphatic heterocycles. The summed E-state index contributed by atoms with van der Waals surface area (Å²) in [6.07, 6.45) is 8.16. The predicted molar refractivity (Wildman–Crippen MR) is 65.5 cm³/mol. The maximum Gasteiger partial charge on any atom is 0.254 e. The number of nitrogens with zero attached hydrogens (tertiary/aromatic N) is 2. The Kier molecular flexibility index (Phi) is 3.78. The average Bonchev–Trinajstić information content (AvgIpc) is 2.96. The number of aromatic nitrogens is 2. The van der Waals surface area contributed by atoms with Crippen LogP contribution >= 0.6 is 0 Å². The number of carbonyl (C=O) groups excluding carboxylic acids is 1. The Morgan fingerprint density at radius 3 is 2.88 bits per heavy atom. The second-order valence-corrected chi connectivity index (χ2v) is 4.76. The van der Waals surface area contributed by atoms with Crippen LogP contribution in [-0.4, -0.2) is 28.3 Å². The molecule has 5 heteroatoms. The molecular formula is C12H20N4O. The van der Waals surface area contributed by atoms with Gasteiger partial charge in [-0.3, -0.25) is 9.48 Å². The maximum atomic E-state index is 12.0. The van der Waals surface area contributed by atoms with E-state index in [1.807, 2.05) is 0 Å². The summed E-state index contributed by atoms with van der Waals surface area (Å²) in [4.78, 5) is 12.0. The highest BCUT2D eigenvalue weighted by atomic mass is 16.1. The van der Waals surface area contributed by atoms with Crippen LogP contribution in [0.2, 0.25) is 0 Å². The number of hydrogen-bond acceptors (Lipinski definition) is 3. The van der Waals surface area contributed by atoms with E-state index in [1.165, 1.54) is 25.7 Å². The zero-order valence-corrected chi connectivity index (χ0v) is 10.2. The molecule has 1 atom stereocenters. The normalized spacial score (nSPS) is 18.2. The summed E-state index contributed by atoms with van der Waals surface area (Å²) in [5.74, 6) is 0.473. The fourth-order valence-corrected chi connectivity index (χ4v) is 2.52. The standard InChI is InChI=1S/C12H20N4O/c1-16-8-10(7-14-16)12(17)15-11(6-13)9-4-2-3-5-9/h7-9,11H,2-6,13H2,1H3,(H,15,17). The lowest BCUT2D eigenvalue weighted by Gasteiger charge is -2.22. The van der Waals surface area contributed by atoms with Gasteiger partial charge in [0.15, 0.2) is 0 Å². The molecule has 1 unspecified atom stereocenters. The van der Waals surface area contributed by atoms with Crippen molar-refractivity contribution in [3.05, 3.63) is 18.0 Å². The van der Waals surface area contributed by atoms with Gasteiger partial charge < -0.3 is 11.1 Å². The summed E-state index contributed by atoms with van der Waals surface area (Å²) < 4.78 is 1.63. The zero-order chi connectivity index (χ0) is 12.3. The number of amides is 1. The second kappa shape index (κ2) is 5.31. The van der Waals surface area contributed by atoms with E-state index in [-0.39, 0.29) is 11.9 Å². The molecule has 3 N–H and O–H groups in total. The topological polar surface area (TPSA) is 72.9 Å². The van der Waals surface area contributed by atoms with Gasteiger partial charge in [-0.05, 0) is 18.8 Å². The molecule has 5 nitrogen and oxygen atoms in total. The van der Waals surface area contributed by atoms with Crippen LogP contribution in [0.25, 0.3) is 0 Å². The molecule has 1 fully saturated rings. The van der Waals surface area contributed by atoms with Crippen LogP contribution in [0, 0.1) is 5.92 Å². The minimum atomic E-state index is -0.0690. The SMILES string of the molecule is Cn1cc(C(=O)NC(CN)C2CCCC2)cn1. The van der Waals surface area contributed by atoms with E-state index in [2.05, 4.69) is 10.4 Å². The van der Waals surface area contributed by atoms with E-state index in [1.54, 1.807) is 24.1 Å². The zero-order valence-electron chi connectivity index (χ0n) is 10.2. The van der Waals surface area contributed by atoms with Gasteiger partial charge in [0.2, 0.25) is 0 Å². The maximum absolute atomic E-state index is 12.0. The molecule has 0 bridgehead atoms. The summed E-state index contributed by atoms with van der Waals surface area (Å²) in [6.45, 7) is 0.511. The highest BCUT2D eigenvalue weighted by Crippen LogP contribution is 2.27. The number of aryl methyl sites for hydroxylation is 1. The minimum Gasteiger partial charge on any atom is -0.348 e. The predicted octanol–water partition coefficient (Wildman–Crippen LogP) is 0.667. The van der Waals surface area contributed by atoms with Crippen molar-refractivity contribution in [3.63, 3.8) is 0 Å². The lowest BCUT2D eigenvalue weighted by Crippen LogP contribution is -2.44. The molecule has 1 heterocycles. The summed E-state index contributed by atoms with van der Waals surface area (Å²) in [5, 5.41) is 7.01. The van der Waals surface area contributed by atoms with Crippen LogP contribution in [0.4, 0.5) is 0 Å². The van der Waals surface area contributed by atoms with Gasteiger partial charge in [-0.25, -0.2) is 0 Å². The summed E-state index contributed by atoms with van der Waals surface area (Å²) in [6, 6.07) is 0.102. The number of hydrogen-bond donors (Lipinski definition) is 2. The third-order valence-corrected chi connectivity index (χ3v) is 3.51. The van der Waals surface area contributed by atoms with Crippen LogP contribution in [0.1, 0.15) is 36.0 Å². The molecule has 17 heavy (non-hydrogen) atoms. The van der Waals surface area contributed by atoms with E-state index in [0.29, 0.717) is 18.0 Å².